The first-order chi connectivity index (χ1) is 7.63. The quantitative estimate of drug-likeness (QED) is 0.809. The predicted octanol–water partition coefficient (Wildman–Crippen LogP) is 4.71. The van der Waals surface area contributed by atoms with Gasteiger partial charge in [-0.15, -0.1) is 6.58 Å². The molecule has 0 radical (unpaired) electrons. The summed E-state index contributed by atoms with van der Waals surface area (Å²) in [6, 6.07) is 1.77. The average molecular weight is 274 g/mol. The summed E-state index contributed by atoms with van der Waals surface area (Å²) in [6.07, 6.45) is 1.79. The van der Waals surface area contributed by atoms with Gasteiger partial charge < -0.3 is 5.32 Å². The molecule has 1 aliphatic rings. The van der Waals surface area contributed by atoms with Gasteiger partial charge in [-0.2, -0.15) is 8.73 Å². The summed E-state index contributed by atoms with van der Waals surface area (Å²) < 4.78 is 8.32. The SMILES string of the molecule is C=CC(C)Nc1c(Cl)cc(Cl)c2c1N=S=N2. The lowest BCUT2D eigenvalue weighted by Crippen LogP contribution is -2.11. The molecule has 1 aromatic carbocycles. The zero-order chi connectivity index (χ0) is 11.7. The lowest BCUT2D eigenvalue weighted by atomic mass is 10.2. The van der Waals surface area contributed by atoms with Crippen molar-refractivity contribution in [2.45, 2.75) is 13.0 Å². The number of hydrogen-bond donors (Lipinski definition) is 1. The van der Waals surface area contributed by atoms with Gasteiger partial charge in [0.05, 0.1) is 27.1 Å². The van der Waals surface area contributed by atoms with Crippen LogP contribution in [0.15, 0.2) is 27.4 Å². The van der Waals surface area contributed by atoms with Crippen LogP contribution in [0, 0.1) is 0 Å². The molecule has 0 saturated heterocycles. The third kappa shape index (κ3) is 2.00. The number of nitrogens with zero attached hydrogens (tertiary/aromatic N) is 2. The van der Waals surface area contributed by atoms with Gasteiger partial charge in [-0.25, -0.2) is 0 Å². The number of benzene rings is 1. The van der Waals surface area contributed by atoms with Crippen molar-refractivity contribution >= 4 is 51.6 Å². The fourth-order valence-electron chi connectivity index (χ4n) is 1.30. The molecule has 16 heavy (non-hydrogen) atoms. The first-order valence-corrected chi connectivity index (χ1v) is 6.11. The Bertz CT molecular complexity index is 521. The van der Waals surface area contributed by atoms with Crippen LogP contribution in [0.3, 0.4) is 0 Å². The summed E-state index contributed by atoms with van der Waals surface area (Å²) in [5, 5.41) is 4.27. The van der Waals surface area contributed by atoms with E-state index in [1.165, 1.54) is 0 Å². The lowest BCUT2D eigenvalue weighted by Gasteiger charge is -2.15. The predicted molar refractivity (Wildman–Crippen MR) is 71.3 cm³/mol. The summed E-state index contributed by atoms with van der Waals surface area (Å²) in [6.45, 7) is 5.68. The number of halogens is 2. The van der Waals surface area contributed by atoms with Crippen molar-refractivity contribution in [3.05, 3.63) is 28.8 Å². The first kappa shape index (κ1) is 11.6. The second kappa shape index (κ2) is 4.57. The standard InChI is InChI=1S/C10H9Cl2N3S/c1-3-5(2)13-8-6(11)4-7(12)9-10(8)15-16-14-9/h3-5,13H,1H2,2H3. The maximum Gasteiger partial charge on any atom is 0.130 e. The van der Waals surface area contributed by atoms with Crippen molar-refractivity contribution < 1.29 is 0 Å². The van der Waals surface area contributed by atoms with Crippen LogP contribution in [-0.2, 0) is 11.4 Å². The molecule has 0 aromatic heterocycles. The maximum absolute atomic E-state index is 6.12. The van der Waals surface area contributed by atoms with E-state index >= 15 is 0 Å². The Kier molecular flexibility index (Phi) is 3.33. The number of anilines is 1. The number of nitrogens with one attached hydrogen (secondary N) is 1. The van der Waals surface area contributed by atoms with E-state index in [1.807, 2.05) is 6.92 Å². The van der Waals surface area contributed by atoms with Gasteiger partial charge >= 0.3 is 0 Å². The highest BCUT2D eigenvalue weighted by molar-refractivity contribution is 7.58. The van der Waals surface area contributed by atoms with Crippen molar-refractivity contribution in [3.8, 4) is 0 Å². The number of fused-ring (bicyclic) bond motifs is 1. The first-order valence-electron chi connectivity index (χ1n) is 4.63. The largest absolute Gasteiger partial charge is 0.376 e. The summed E-state index contributed by atoms with van der Waals surface area (Å²) in [5.74, 6) is 0. The molecule has 6 heteroatoms. The smallest absolute Gasteiger partial charge is 0.130 e. The number of hydrogen-bond acceptors (Lipinski definition) is 3. The highest BCUT2D eigenvalue weighted by atomic mass is 35.5. The van der Waals surface area contributed by atoms with Crippen LogP contribution in [0.1, 0.15) is 6.92 Å². The Morgan fingerprint density at radius 2 is 2.06 bits per heavy atom. The minimum atomic E-state index is 0.101. The Labute approximate surface area is 107 Å². The van der Waals surface area contributed by atoms with Crippen LogP contribution in [0.5, 0.6) is 0 Å². The molecule has 0 saturated carbocycles. The third-order valence-electron chi connectivity index (χ3n) is 2.17. The van der Waals surface area contributed by atoms with E-state index in [1.54, 1.807) is 12.1 Å². The topological polar surface area (TPSA) is 36.8 Å². The molecule has 84 valence electrons. The van der Waals surface area contributed by atoms with Gasteiger partial charge in [0.15, 0.2) is 0 Å². The Hall–Kier alpha value is -0.840. The normalized spacial score (nSPS) is 14.2. The molecule has 3 nitrogen and oxygen atoms in total. The zero-order valence-corrected chi connectivity index (χ0v) is 10.8. The van der Waals surface area contributed by atoms with Crippen LogP contribution >= 0.6 is 23.2 Å². The van der Waals surface area contributed by atoms with Gasteiger partial charge in [0.1, 0.15) is 11.4 Å². The molecule has 1 heterocycles. The Balaban J connectivity index is 2.50. The van der Waals surface area contributed by atoms with Gasteiger partial charge in [0.25, 0.3) is 0 Å². The fourth-order valence-corrected chi connectivity index (χ4v) is 2.46. The molecule has 0 bridgehead atoms. The van der Waals surface area contributed by atoms with E-state index in [4.69, 9.17) is 23.2 Å². The van der Waals surface area contributed by atoms with Crippen LogP contribution in [0.4, 0.5) is 17.1 Å². The summed E-state index contributed by atoms with van der Waals surface area (Å²) in [7, 11) is 0. The molecular formula is C10H9Cl2N3S. The van der Waals surface area contributed by atoms with Crippen LogP contribution < -0.4 is 5.32 Å². The van der Waals surface area contributed by atoms with E-state index in [-0.39, 0.29) is 6.04 Å². The monoisotopic (exact) mass is 273 g/mol. The lowest BCUT2D eigenvalue weighted by molar-refractivity contribution is 1.00. The van der Waals surface area contributed by atoms with Crippen LogP contribution in [-0.4, -0.2) is 6.04 Å². The Morgan fingerprint density at radius 3 is 2.75 bits per heavy atom. The van der Waals surface area contributed by atoms with Crippen molar-refractivity contribution in [1.82, 2.24) is 0 Å². The highest BCUT2D eigenvalue weighted by Crippen LogP contribution is 2.47. The maximum atomic E-state index is 6.12. The van der Waals surface area contributed by atoms with E-state index in [2.05, 4.69) is 20.6 Å². The molecule has 1 unspecified atom stereocenters. The van der Waals surface area contributed by atoms with Gasteiger partial charge in [-0.1, -0.05) is 29.3 Å². The molecule has 0 spiro atoms. The highest BCUT2D eigenvalue weighted by Gasteiger charge is 2.19. The molecule has 0 aliphatic carbocycles. The Morgan fingerprint density at radius 1 is 1.38 bits per heavy atom. The van der Waals surface area contributed by atoms with Gasteiger partial charge in [-0.05, 0) is 13.0 Å². The van der Waals surface area contributed by atoms with Crippen molar-refractivity contribution in [2.75, 3.05) is 5.32 Å². The molecule has 1 atom stereocenters. The molecule has 2 rings (SSSR count). The van der Waals surface area contributed by atoms with Crippen LogP contribution in [0.2, 0.25) is 10.0 Å². The van der Waals surface area contributed by atoms with Crippen molar-refractivity contribution in [2.24, 2.45) is 8.73 Å². The van der Waals surface area contributed by atoms with Gasteiger partial charge in [-0.3, -0.25) is 0 Å². The zero-order valence-electron chi connectivity index (χ0n) is 8.50. The van der Waals surface area contributed by atoms with E-state index in [9.17, 15) is 0 Å². The molecule has 1 N–H and O–H groups in total. The second-order valence-corrected chi connectivity index (χ2v) is 4.69. The summed E-state index contributed by atoms with van der Waals surface area (Å²) >= 11 is 13.3. The van der Waals surface area contributed by atoms with E-state index in [0.717, 1.165) is 17.0 Å². The number of rotatable bonds is 3. The second-order valence-electron chi connectivity index (χ2n) is 3.35. The minimum absolute atomic E-state index is 0.101. The molecule has 1 aliphatic heterocycles. The van der Waals surface area contributed by atoms with Crippen LogP contribution in [0.25, 0.3) is 0 Å². The molecule has 0 amide bonds. The molecular weight excluding hydrogens is 265 g/mol. The van der Waals surface area contributed by atoms with Crippen molar-refractivity contribution in [1.29, 1.82) is 0 Å². The van der Waals surface area contributed by atoms with Gasteiger partial charge in [0.2, 0.25) is 0 Å². The summed E-state index contributed by atoms with van der Waals surface area (Å²) in [4.78, 5) is 0. The van der Waals surface area contributed by atoms with E-state index in [0.29, 0.717) is 21.4 Å². The fraction of sp³-hybridized carbons (Fsp3) is 0.200. The van der Waals surface area contributed by atoms with E-state index < -0.39 is 0 Å². The average Bonchev–Trinajstić information content (AvgIpc) is 2.73. The third-order valence-corrected chi connectivity index (χ3v) is 3.28. The van der Waals surface area contributed by atoms with Gasteiger partial charge in [0, 0.05) is 6.04 Å². The van der Waals surface area contributed by atoms with Crippen molar-refractivity contribution in [3.63, 3.8) is 0 Å². The minimum Gasteiger partial charge on any atom is -0.376 e. The molecule has 1 aromatic rings. The summed E-state index contributed by atoms with van der Waals surface area (Å²) in [5.41, 5.74) is 2.13. The molecule has 0 fully saturated rings.